The average Bonchev–Trinajstić information content (AvgIpc) is 2.85. The molecule has 0 unspecified atom stereocenters. The maximum Gasteiger partial charge on any atom is 0.339 e. The van der Waals surface area contributed by atoms with Gasteiger partial charge in [0.1, 0.15) is 24.2 Å². The fraction of sp³-hybridized carbons (Fsp3) is 0.308. The van der Waals surface area contributed by atoms with Crippen LogP contribution in [0.2, 0.25) is 5.02 Å². The molecule has 0 saturated heterocycles. The molecule has 0 radical (unpaired) electrons. The molecule has 0 fully saturated rings. The number of aromatic nitrogens is 3. The predicted octanol–water partition coefficient (Wildman–Crippen LogP) is 2.79. The number of hydrogen-bond acceptors (Lipinski definition) is 4. The molecule has 0 amide bonds. The van der Waals surface area contributed by atoms with Gasteiger partial charge in [0.25, 0.3) is 0 Å². The van der Waals surface area contributed by atoms with E-state index < -0.39 is 5.97 Å². The third-order valence-electron chi connectivity index (χ3n) is 2.67. The molecule has 0 bridgehead atoms. The van der Waals surface area contributed by atoms with E-state index in [-0.39, 0.29) is 24.0 Å². The highest BCUT2D eigenvalue weighted by Crippen LogP contribution is 2.23. The highest BCUT2D eigenvalue weighted by molar-refractivity contribution is 6.31. The van der Waals surface area contributed by atoms with E-state index in [1.807, 2.05) is 13.8 Å². The maximum atomic E-state index is 11.1. The smallest absolute Gasteiger partial charge is 0.339 e. The molecule has 1 aromatic carbocycles. The summed E-state index contributed by atoms with van der Waals surface area (Å²) in [6.07, 6.45) is 1.44. The van der Waals surface area contributed by atoms with E-state index in [0.717, 1.165) is 0 Å². The molecular weight excluding hydrogens is 282 g/mol. The molecule has 0 aliphatic heterocycles. The summed E-state index contributed by atoms with van der Waals surface area (Å²) in [7, 11) is 0. The fourth-order valence-electron chi connectivity index (χ4n) is 1.75. The lowest BCUT2D eigenvalue weighted by Gasteiger charge is -2.12. The largest absolute Gasteiger partial charge is 0.485 e. The van der Waals surface area contributed by atoms with E-state index in [1.54, 1.807) is 10.7 Å². The van der Waals surface area contributed by atoms with Gasteiger partial charge in [0.05, 0.1) is 0 Å². The lowest BCUT2D eigenvalue weighted by Crippen LogP contribution is -2.11. The lowest BCUT2D eigenvalue weighted by molar-refractivity contribution is 0.0691. The van der Waals surface area contributed by atoms with Crippen LogP contribution in [0.25, 0.3) is 0 Å². The molecule has 0 atom stereocenters. The number of rotatable bonds is 5. The number of halogens is 1. The molecule has 6 nitrogen and oxygen atoms in total. The van der Waals surface area contributed by atoms with Gasteiger partial charge in [-0.25, -0.2) is 14.5 Å². The Morgan fingerprint density at radius 1 is 1.50 bits per heavy atom. The van der Waals surface area contributed by atoms with Crippen molar-refractivity contribution < 1.29 is 14.6 Å². The summed E-state index contributed by atoms with van der Waals surface area (Å²) in [4.78, 5) is 15.2. The van der Waals surface area contributed by atoms with Crippen molar-refractivity contribution in [2.75, 3.05) is 0 Å². The first-order chi connectivity index (χ1) is 9.49. The Kier molecular flexibility index (Phi) is 4.24. The van der Waals surface area contributed by atoms with E-state index in [9.17, 15) is 4.79 Å². The molecule has 0 aliphatic rings. The van der Waals surface area contributed by atoms with Crippen molar-refractivity contribution in [3.63, 3.8) is 0 Å². The first kappa shape index (κ1) is 14.3. The second kappa shape index (κ2) is 5.92. The Hall–Kier alpha value is -2.08. The Balaban J connectivity index is 2.19. The normalized spacial score (nSPS) is 10.8. The van der Waals surface area contributed by atoms with E-state index in [4.69, 9.17) is 21.4 Å². The molecule has 0 saturated carbocycles. The molecule has 106 valence electrons. The number of carboxylic acids is 1. The van der Waals surface area contributed by atoms with Crippen LogP contribution < -0.4 is 4.74 Å². The van der Waals surface area contributed by atoms with Gasteiger partial charge in [-0.2, -0.15) is 5.10 Å². The highest BCUT2D eigenvalue weighted by atomic mass is 35.5. The predicted molar refractivity (Wildman–Crippen MR) is 73.2 cm³/mol. The summed E-state index contributed by atoms with van der Waals surface area (Å²) < 4.78 is 7.24. The number of benzene rings is 1. The molecule has 1 heterocycles. The van der Waals surface area contributed by atoms with Gasteiger partial charge in [-0.15, -0.1) is 0 Å². The SMILES string of the molecule is CC(C)n1ncnc1COc1ccc(Cl)cc1C(=O)O. The van der Waals surface area contributed by atoms with Crippen LogP contribution in [0, 0.1) is 0 Å². The van der Waals surface area contributed by atoms with Crippen molar-refractivity contribution in [2.24, 2.45) is 0 Å². The van der Waals surface area contributed by atoms with Crippen LogP contribution in [0.3, 0.4) is 0 Å². The average molecular weight is 296 g/mol. The summed E-state index contributed by atoms with van der Waals surface area (Å²) >= 11 is 5.78. The molecule has 20 heavy (non-hydrogen) atoms. The molecule has 0 aliphatic carbocycles. The zero-order valence-electron chi connectivity index (χ0n) is 11.1. The molecule has 1 aromatic heterocycles. The minimum atomic E-state index is -1.09. The van der Waals surface area contributed by atoms with Crippen LogP contribution in [-0.2, 0) is 6.61 Å². The van der Waals surface area contributed by atoms with E-state index in [1.165, 1.54) is 18.5 Å². The zero-order chi connectivity index (χ0) is 14.7. The van der Waals surface area contributed by atoms with Crippen LogP contribution in [0.5, 0.6) is 5.75 Å². The van der Waals surface area contributed by atoms with Crippen molar-refractivity contribution in [1.29, 1.82) is 0 Å². The second-order valence-corrected chi connectivity index (χ2v) is 4.89. The van der Waals surface area contributed by atoms with Gasteiger partial charge in [0.15, 0.2) is 5.82 Å². The molecule has 7 heteroatoms. The summed E-state index contributed by atoms with van der Waals surface area (Å²) in [6.45, 7) is 4.09. The highest BCUT2D eigenvalue weighted by Gasteiger charge is 2.14. The minimum absolute atomic E-state index is 0.0214. The first-order valence-corrected chi connectivity index (χ1v) is 6.41. The van der Waals surface area contributed by atoms with Gasteiger partial charge < -0.3 is 9.84 Å². The number of hydrogen-bond donors (Lipinski definition) is 1. The van der Waals surface area contributed by atoms with E-state index in [0.29, 0.717) is 10.8 Å². The number of nitrogens with zero attached hydrogens (tertiary/aromatic N) is 3. The van der Waals surface area contributed by atoms with Gasteiger partial charge in [-0.1, -0.05) is 11.6 Å². The summed E-state index contributed by atoms with van der Waals surface area (Å²) in [5.74, 6) is -0.209. The van der Waals surface area contributed by atoms with Crippen LogP contribution >= 0.6 is 11.6 Å². The molecule has 2 rings (SSSR count). The van der Waals surface area contributed by atoms with Crippen LogP contribution in [0.15, 0.2) is 24.5 Å². The number of ether oxygens (including phenoxy) is 1. The van der Waals surface area contributed by atoms with Crippen LogP contribution in [0.1, 0.15) is 36.1 Å². The molecule has 2 aromatic rings. The van der Waals surface area contributed by atoms with Gasteiger partial charge in [-0.3, -0.25) is 0 Å². The third-order valence-corrected chi connectivity index (χ3v) is 2.90. The first-order valence-electron chi connectivity index (χ1n) is 6.03. The zero-order valence-corrected chi connectivity index (χ0v) is 11.8. The van der Waals surface area contributed by atoms with Gasteiger partial charge >= 0.3 is 5.97 Å². The van der Waals surface area contributed by atoms with E-state index >= 15 is 0 Å². The Bertz CT molecular complexity index is 625. The fourth-order valence-corrected chi connectivity index (χ4v) is 1.92. The Labute approximate surface area is 121 Å². The standard InChI is InChI=1S/C13H14ClN3O3/c1-8(2)17-12(15-7-16-17)6-20-11-4-3-9(14)5-10(11)13(18)19/h3-5,7-8H,6H2,1-2H3,(H,18,19). The molecule has 1 N–H and O–H groups in total. The van der Waals surface area contributed by atoms with Crippen molar-refractivity contribution in [1.82, 2.24) is 14.8 Å². The topological polar surface area (TPSA) is 77.2 Å². The Morgan fingerprint density at radius 2 is 2.25 bits per heavy atom. The van der Waals surface area contributed by atoms with Gasteiger partial charge in [0, 0.05) is 11.1 Å². The van der Waals surface area contributed by atoms with E-state index in [2.05, 4.69) is 10.1 Å². The van der Waals surface area contributed by atoms with Crippen LogP contribution in [0.4, 0.5) is 0 Å². The number of aromatic carboxylic acids is 1. The quantitative estimate of drug-likeness (QED) is 0.917. The van der Waals surface area contributed by atoms with Gasteiger partial charge in [0.2, 0.25) is 0 Å². The summed E-state index contributed by atoms with van der Waals surface area (Å²) in [5.41, 5.74) is 0.0214. The minimum Gasteiger partial charge on any atom is -0.485 e. The second-order valence-electron chi connectivity index (χ2n) is 4.45. The number of carboxylic acid groups (broad SMARTS) is 1. The van der Waals surface area contributed by atoms with Crippen molar-refractivity contribution in [3.8, 4) is 5.75 Å². The molecule has 0 spiro atoms. The van der Waals surface area contributed by atoms with Crippen molar-refractivity contribution >= 4 is 17.6 Å². The van der Waals surface area contributed by atoms with Crippen molar-refractivity contribution in [2.45, 2.75) is 26.5 Å². The molecular formula is C13H14ClN3O3. The Morgan fingerprint density at radius 3 is 2.90 bits per heavy atom. The summed E-state index contributed by atoms with van der Waals surface area (Å²) in [5, 5.41) is 13.6. The maximum absolute atomic E-state index is 11.1. The summed E-state index contributed by atoms with van der Waals surface area (Å²) in [6, 6.07) is 4.62. The monoisotopic (exact) mass is 295 g/mol. The third kappa shape index (κ3) is 3.08. The van der Waals surface area contributed by atoms with Crippen molar-refractivity contribution in [3.05, 3.63) is 40.9 Å². The van der Waals surface area contributed by atoms with Crippen LogP contribution in [-0.4, -0.2) is 25.8 Å². The number of carbonyl (C=O) groups is 1. The van der Waals surface area contributed by atoms with Gasteiger partial charge in [-0.05, 0) is 32.0 Å². The lowest BCUT2D eigenvalue weighted by atomic mass is 10.2.